The molecule has 0 bridgehead atoms. The van der Waals surface area contributed by atoms with Gasteiger partial charge in [-0.15, -0.1) is 22.7 Å². The molecular weight excluding hydrogens is 733 g/mol. The summed E-state index contributed by atoms with van der Waals surface area (Å²) in [6.07, 6.45) is 0. The zero-order valence-corrected chi connectivity index (χ0v) is 31.5. The van der Waals surface area contributed by atoms with Crippen LogP contribution in [0, 0.1) is 0 Å². The largest absolute Gasteiger partial charge is 0.508 e. The lowest BCUT2D eigenvalue weighted by Crippen LogP contribution is -2.36. The van der Waals surface area contributed by atoms with E-state index in [-0.39, 0.29) is 11.7 Å². The summed E-state index contributed by atoms with van der Waals surface area (Å²) >= 11 is 3.30. The summed E-state index contributed by atoms with van der Waals surface area (Å²) in [6, 6.07) is 18.4. The second-order valence-corrected chi connectivity index (χ2v) is 13.8. The van der Waals surface area contributed by atoms with Crippen molar-refractivity contribution in [3.05, 3.63) is 71.4 Å². The standard InChI is InChI=1S/C18H17N3O3S.C16H15N3O2S.C4H6O3/c1-12(22)24-14-4-2-3-13(11-14)17-19-15-5-10-25-16(15)18(20-17)21-6-8-23-9-7-21;20-12-3-1-2-11(10-12)15-17-13-4-9-22-14(13)16(18-15)19-5-7-21-8-6-19;1-3(5)7-4(2)6/h2-5,10-11H,6-9H2,1H3;1-4,9-10,20H,5-8H2;1-2H3. The molecule has 2 aliphatic heterocycles. The van der Waals surface area contributed by atoms with Crippen molar-refractivity contribution in [3.8, 4) is 34.3 Å². The molecule has 0 aliphatic carbocycles. The smallest absolute Gasteiger partial charge is 0.310 e. The van der Waals surface area contributed by atoms with E-state index in [4.69, 9.17) is 24.2 Å². The van der Waals surface area contributed by atoms with Gasteiger partial charge in [0.15, 0.2) is 23.3 Å². The van der Waals surface area contributed by atoms with Crippen LogP contribution in [0.15, 0.2) is 71.4 Å². The number of rotatable bonds is 5. The molecule has 4 aromatic heterocycles. The molecule has 6 heterocycles. The zero-order chi connectivity index (χ0) is 38.0. The van der Waals surface area contributed by atoms with Gasteiger partial charge in [0.25, 0.3) is 0 Å². The number of benzene rings is 2. The van der Waals surface area contributed by atoms with Crippen LogP contribution in [-0.4, -0.2) is 95.6 Å². The first-order chi connectivity index (χ1) is 26.1. The third-order valence-corrected chi connectivity index (χ3v) is 9.74. The van der Waals surface area contributed by atoms with E-state index in [2.05, 4.69) is 24.5 Å². The number of anilines is 2. The van der Waals surface area contributed by atoms with Gasteiger partial charge >= 0.3 is 17.9 Å². The summed E-state index contributed by atoms with van der Waals surface area (Å²) in [4.78, 5) is 54.2. The Morgan fingerprint density at radius 1 is 0.648 bits per heavy atom. The third kappa shape index (κ3) is 9.90. The number of aromatic nitrogens is 4. The molecule has 0 spiro atoms. The van der Waals surface area contributed by atoms with Crippen LogP contribution >= 0.6 is 22.7 Å². The Kier molecular flexibility index (Phi) is 12.7. The molecule has 2 fully saturated rings. The first-order valence-corrected chi connectivity index (χ1v) is 18.8. The summed E-state index contributed by atoms with van der Waals surface area (Å²) < 4.78 is 22.2. The van der Waals surface area contributed by atoms with E-state index >= 15 is 0 Å². The molecule has 0 unspecified atom stereocenters. The average Bonchev–Trinajstić information content (AvgIpc) is 3.85. The molecule has 0 atom stereocenters. The molecule has 0 radical (unpaired) electrons. The number of hydrogen-bond acceptors (Lipinski definition) is 16. The lowest BCUT2D eigenvalue weighted by Gasteiger charge is -2.28. The second kappa shape index (κ2) is 18.0. The van der Waals surface area contributed by atoms with Crippen molar-refractivity contribution >= 4 is 72.7 Å². The van der Waals surface area contributed by atoms with Crippen LogP contribution in [-0.2, 0) is 28.6 Å². The van der Waals surface area contributed by atoms with E-state index in [9.17, 15) is 19.5 Å². The van der Waals surface area contributed by atoms with Gasteiger partial charge in [-0.25, -0.2) is 19.9 Å². The van der Waals surface area contributed by atoms with Crippen LogP contribution < -0.4 is 14.5 Å². The Bertz CT molecular complexity index is 2240. The molecule has 2 aliphatic rings. The summed E-state index contributed by atoms with van der Waals surface area (Å²) in [6.45, 7) is 9.90. The van der Waals surface area contributed by atoms with Crippen LogP contribution in [0.1, 0.15) is 20.8 Å². The minimum absolute atomic E-state index is 0.222. The fourth-order valence-electron chi connectivity index (χ4n) is 5.65. The van der Waals surface area contributed by atoms with Crippen molar-refractivity contribution < 1.29 is 38.4 Å². The number of morpholine rings is 2. The number of thiophene rings is 2. The van der Waals surface area contributed by atoms with Gasteiger partial charge in [0.05, 0.1) is 46.9 Å². The van der Waals surface area contributed by atoms with Gasteiger partial charge in [0, 0.05) is 58.1 Å². The number of carbonyl (C=O) groups is 3. The van der Waals surface area contributed by atoms with Gasteiger partial charge < -0.3 is 33.9 Å². The van der Waals surface area contributed by atoms with E-state index in [0.717, 1.165) is 82.6 Å². The quantitative estimate of drug-likeness (QED) is 0.121. The fraction of sp³-hybridized carbons (Fsp3) is 0.289. The van der Waals surface area contributed by atoms with Crippen molar-refractivity contribution in [2.45, 2.75) is 20.8 Å². The number of ether oxygens (including phenoxy) is 4. The Balaban J connectivity index is 0.000000158. The molecule has 54 heavy (non-hydrogen) atoms. The van der Waals surface area contributed by atoms with Gasteiger partial charge in [-0.3, -0.25) is 14.4 Å². The summed E-state index contributed by atoms with van der Waals surface area (Å²) in [5, 5.41) is 13.8. The number of aromatic hydroxyl groups is 1. The lowest BCUT2D eigenvalue weighted by molar-refractivity contribution is -0.156. The number of esters is 3. The number of carbonyl (C=O) groups excluding carboxylic acids is 3. The molecular formula is C38H38N6O8S2. The van der Waals surface area contributed by atoms with Crippen LogP contribution in [0.5, 0.6) is 11.5 Å². The Morgan fingerprint density at radius 3 is 1.57 bits per heavy atom. The number of fused-ring (bicyclic) bond motifs is 2. The highest BCUT2D eigenvalue weighted by atomic mass is 32.1. The highest BCUT2D eigenvalue weighted by Gasteiger charge is 2.20. The summed E-state index contributed by atoms with van der Waals surface area (Å²) in [5.41, 5.74) is 3.51. The first kappa shape index (κ1) is 38.2. The van der Waals surface area contributed by atoms with E-state index in [0.29, 0.717) is 30.6 Å². The second-order valence-electron chi connectivity index (χ2n) is 12.0. The van der Waals surface area contributed by atoms with Gasteiger partial charge in [0.1, 0.15) is 11.5 Å². The van der Waals surface area contributed by atoms with Gasteiger partial charge in [0.2, 0.25) is 0 Å². The average molecular weight is 771 g/mol. The SMILES string of the molecule is CC(=O)OC(C)=O.CC(=O)Oc1cccc(-c2nc(N3CCOCC3)c3sccc3n2)c1.Oc1cccc(-c2nc(N3CCOCC3)c3sccc3n2)c1. The van der Waals surface area contributed by atoms with Gasteiger partial charge in [-0.05, 0) is 47.2 Å². The minimum atomic E-state index is -0.562. The Labute approximate surface area is 318 Å². The fourth-order valence-corrected chi connectivity index (χ4v) is 7.34. The molecule has 1 N–H and O–H groups in total. The maximum Gasteiger partial charge on any atom is 0.310 e. The molecule has 14 nitrogen and oxygen atoms in total. The molecule has 8 rings (SSSR count). The highest BCUT2D eigenvalue weighted by Crippen LogP contribution is 2.34. The summed E-state index contributed by atoms with van der Waals surface area (Å²) in [7, 11) is 0. The van der Waals surface area contributed by atoms with Crippen LogP contribution in [0.4, 0.5) is 11.6 Å². The molecule has 2 saturated heterocycles. The molecule has 16 heteroatoms. The molecule has 0 amide bonds. The number of nitrogens with zero attached hydrogens (tertiary/aromatic N) is 6. The molecule has 280 valence electrons. The van der Waals surface area contributed by atoms with E-state index in [1.54, 1.807) is 53.0 Å². The topological polar surface area (TPSA) is 166 Å². The Morgan fingerprint density at radius 2 is 1.13 bits per heavy atom. The van der Waals surface area contributed by atoms with E-state index in [1.807, 2.05) is 41.1 Å². The summed E-state index contributed by atoms with van der Waals surface area (Å²) in [5.74, 6) is 2.41. The van der Waals surface area contributed by atoms with Crippen LogP contribution in [0.3, 0.4) is 0 Å². The maximum absolute atomic E-state index is 11.2. The molecule has 2 aromatic carbocycles. The third-order valence-electron chi connectivity index (χ3n) is 7.94. The van der Waals surface area contributed by atoms with Crippen molar-refractivity contribution in [1.82, 2.24) is 19.9 Å². The van der Waals surface area contributed by atoms with Crippen molar-refractivity contribution in [2.75, 3.05) is 62.4 Å². The monoisotopic (exact) mass is 770 g/mol. The Hall–Kier alpha value is -5.55. The van der Waals surface area contributed by atoms with Crippen molar-refractivity contribution in [3.63, 3.8) is 0 Å². The molecule has 0 saturated carbocycles. The predicted molar refractivity (Wildman–Crippen MR) is 207 cm³/mol. The zero-order valence-electron chi connectivity index (χ0n) is 29.9. The maximum atomic E-state index is 11.2. The first-order valence-electron chi connectivity index (χ1n) is 17.1. The van der Waals surface area contributed by atoms with Crippen LogP contribution in [0.2, 0.25) is 0 Å². The number of hydrogen-bond donors (Lipinski definition) is 1. The number of phenolic OH excluding ortho intramolecular Hbond substituents is 1. The highest BCUT2D eigenvalue weighted by molar-refractivity contribution is 7.18. The van der Waals surface area contributed by atoms with E-state index < -0.39 is 11.9 Å². The van der Waals surface area contributed by atoms with Gasteiger partial charge in [-0.2, -0.15) is 0 Å². The molecule has 6 aromatic rings. The number of phenols is 1. The van der Waals surface area contributed by atoms with Crippen molar-refractivity contribution in [1.29, 1.82) is 0 Å². The van der Waals surface area contributed by atoms with Crippen LogP contribution in [0.25, 0.3) is 43.2 Å². The van der Waals surface area contributed by atoms with Gasteiger partial charge in [-0.1, -0.05) is 24.3 Å². The van der Waals surface area contributed by atoms with E-state index in [1.165, 1.54) is 20.8 Å². The normalized spacial score (nSPS) is 14.1. The lowest BCUT2D eigenvalue weighted by atomic mass is 10.2. The predicted octanol–water partition coefficient (Wildman–Crippen LogP) is 6.12. The van der Waals surface area contributed by atoms with Crippen molar-refractivity contribution in [2.24, 2.45) is 0 Å². The minimum Gasteiger partial charge on any atom is -0.508 e.